The Labute approximate surface area is 176 Å². The number of nitrogens with zero attached hydrogens (tertiary/aromatic N) is 1. The molecule has 0 saturated carbocycles. The van der Waals surface area contributed by atoms with Gasteiger partial charge in [-0.1, -0.05) is 60.7 Å². The maximum atomic E-state index is 12.5. The third-order valence-corrected chi connectivity index (χ3v) is 5.98. The lowest BCUT2D eigenvalue weighted by molar-refractivity contribution is -0.119. The van der Waals surface area contributed by atoms with Crippen molar-refractivity contribution in [3.63, 3.8) is 0 Å². The summed E-state index contributed by atoms with van der Waals surface area (Å²) >= 11 is 0. The fourth-order valence-electron chi connectivity index (χ4n) is 3.49. The number of carbonyl (C=O) groups excluding carboxylic acids is 1. The van der Waals surface area contributed by atoms with E-state index in [2.05, 4.69) is 4.72 Å². The maximum absolute atomic E-state index is 12.5. The van der Waals surface area contributed by atoms with Gasteiger partial charge in [-0.15, -0.1) is 0 Å². The monoisotopic (exact) mass is 418 g/mol. The van der Waals surface area contributed by atoms with Crippen molar-refractivity contribution in [3.8, 4) is 0 Å². The van der Waals surface area contributed by atoms with Crippen LogP contribution in [-0.2, 0) is 27.8 Å². The van der Waals surface area contributed by atoms with Crippen LogP contribution < -0.4 is 9.62 Å². The van der Waals surface area contributed by atoms with Crippen LogP contribution in [-0.4, -0.2) is 14.3 Å². The Morgan fingerprint density at radius 2 is 1.60 bits per heavy atom. The zero-order valence-corrected chi connectivity index (χ0v) is 17.2. The van der Waals surface area contributed by atoms with Crippen molar-refractivity contribution in [1.29, 1.82) is 0 Å². The highest BCUT2D eigenvalue weighted by molar-refractivity contribution is 7.95. The van der Waals surface area contributed by atoms with Crippen LogP contribution in [0.2, 0.25) is 0 Å². The number of fused-ring (bicyclic) bond motifs is 1. The summed E-state index contributed by atoms with van der Waals surface area (Å²) in [5, 5.41) is 1.16. The van der Waals surface area contributed by atoms with Gasteiger partial charge in [-0.3, -0.25) is 9.52 Å². The van der Waals surface area contributed by atoms with Crippen LogP contribution in [0.25, 0.3) is 6.08 Å². The van der Waals surface area contributed by atoms with Gasteiger partial charge in [-0.25, -0.2) is 8.42 Å². The molecule has 0 bridgehead atoms. The van der Waals surface area contributed by atoms with Gasteiger partial charge in [0.1, 0.15) is 0 Å². The molecular weight excluding hydrogens is 396 g/mol. The quantitative estimate of drug-likeness (QED) is 0.637. The molecule has 0 aromatic heterocycles. The van der Waals surface area contributed by atoms with E-state index in [9.17, 15) is 13.2 Å². The third-order valence-electron chi connectivity index (χ3n) is 4.96. The van der Waals surface area contributed by atoms with Crippen LogP contribution in [0.1, 0.15) is 23.1 Å². The number of aryl methyl sites for hydroxylation is 1. The van der Waals surface area contributed by atoms with Gasteiger partial charge in [0.25, 0.3) is 10.0 Å². The molecule has 0 fully saturated rings. The highest BCUT2D eigenvalue weighted by Gasteiger charge is 2.24. The van der Waals surface area contributed by atoms with Gasteiger partial charge >= 0.3 is 0 Å². The number of hydrogen-bond acceptors (Lipinski definition) is 3. The molecule has 0 saturated heterocycles. The second kappa shape index (κ2) is 8.55. The summed E-state index contributed by atoms with van der Waals surface area (Å²) in [4.78, 5) is 14.3. The third kappa shape index (κ3) is 4.78. The number of sulfonamides is 1. The Morgan fingerprint density at radius 3 is 2.33 bits per heavy atom. The van der Waals surface area contributed by atoms with Crippen LogP contribution in [0.5, 0.6) is 0 Å². The lowest BCUT2D eigenvalue weighted by Gasteiger charge is -2.30. The molecule has 30 heavy (non-hydrogen) atoms. The summed E-state index contributed by atoms with van der Waals surface area (Å²) in [7, 11) is -3.64. The van der Waals surface area contributed by atoms with Crippen molar-refractivity contribution in [2.75, 3.05) is 9.62 Å². The van der Waals surface area contributed by atoms with E-state index in [4.69, 9.17) is 0 Å². The van der Waals surface area contributed by atoms with Crippen molar-refractivity contribution in [2.45, 2.75) is 19.4 Å². The standard InChI is InChI=1S/C24H22N2O3S/c27-24-14-11-21-17-22(25-30(28,29)16-15-19-7-3-1-4-8-19)12-13-23(21)26(24)18-20-9-5-2-6-10-20/h1-10,12-13,15-17,25H,11,14,18H2/b16-15+. The van der Waals surface area contributed by atoms with Crippen molar-refractivity contribution < 1.29 is 13.2 Å². The van der Waals surface area contributed by atoms with Crippen molar-refractivity contribution in [2.24, 2.45) is 0 Å². The Morgan fingerprint density at radius 1 is 0.900 bits per heavy atom. The normalized spacial score (nSPS) is 14.0. The van der Waals surface area contributed by atoms with Gasteiger partial charge in [0.05, 0.1) is 12.0 Å². The van der Waals surface area contributed by atoms with E-state index in [1.807, 2.05) is 72.8 Å². The van der Waals surface area contributed by atoms with Crippen molar-refractivity contribution >= 4 is 33.4 Å². The summed E-state index contributed by atoms with van der Waals surface area (Å²) in [5.41, 5.74) is 4.13. The number of carbonyl (C=O) groups is 1. The average Bonchev–Trinajstić information content (AvgIpc) is 2.76. The maximum Gasteiger partial charge on any atom is 0.255 e. The fraction of sp³-hybridized carbons (Fsp3) is 0.125. The highest BCUT2D eigenvalue weighted by atomic mass is 32.2. The Balaban J connectivity index is 1.53. The molecule has 3 aromatic rings. The first-order valence-corrected chi connectivity index (χ1v) is 11.3. The summed E-state index contributed by atoms with van der Waals surface area (Å²) in [5.74, 6) is 0.0745. The zero-order valence-electron chi connectivity index (χ0n) is 16.4. The van der Waals surface area contributed by atoms with Gasteiger partial charge in [0, 0.05) is 17.8 Å². The van der Waals surface area contributed by atoms with Crippen LogP contribution >= 0.6 is 0 Å². The molecule has 0 atom stereocenters. The molecule has 1 N–H and O–H groups in total. The van der Waals surface area contributed by atoms with E-state index < -0.39 is 10.0 Å². The predicted molar refractivity (Wildman–Crippen MR) is 120 cm³/mol. The van der Waals surface area contributed by atoms with E-state index in [1.165, 1.54) is 0 Å². The number of nitrogens with one attached hydrogen (secondary N) is 1. The molecule has 4 rings (SSSR count). The molecule has 1 amide bonds. The minimum Gasteiger partial charge on any atom is -0.308 e. The van der Waals surface area contributed by atoms with Gasteiger partial charge in [-0.2, -0.15) is 0 Å². The molecule has 0 radical (unpaired) electrons. The molecule has 1 aliphatic heterocycles. The molecule has 1 aliphatic rings. The summed E-state index contributed by atoms with van der Waals surface area (Å²) in [6, 6.07) is 24.4. The summed E-state index contributed by atoms with van der Waals surface area (Å²) in [6.45, 7) is 0.498. The largest absolute Gasteiger partial charge is 0.308 e. The molecule has 0 unspecified atom stereocenters. The van der Waals surface area contributed by atoms with E-state index in [0.29, 0.717) is 25.1 Å². The zero-order chi connectivity index (χ0) is 21.0. The molecule has 0 spiro atoms. The van der Waals surface area contributed by atoms with Crippen LogP contribution in [0.4, 0.5) is 11.4 Å². The van der Waals surface area contributed by atoms with E-state index in [-0.39, 0.29) is 5.91 Å². The molecule has 0 aliphatic carbocycles. The van der Waals surface area contributed by atoms with Gasteiger partial charge in [0.15, 0.2) is 0 Å². The SMILES string of the molecule is O=C1CCc2cc(NS(=O)(=O)/C=C/c3ccccc3)ccc2N1Cc1ccccc1. The van der Waals surface area contributed by atoms with Gasteiger partial charge < -0.3 is 4.90 Å². The van der Waals surface area contributed by atoms with E-state index in [1.54, 1.807) is 17.0 Å². The van der Waals surface area contributed by atoms with E-state index >= 15 is 0 Å². The minimum atomic E-state index is -3.64. The van der Waals surface area contributed by atoms with Crippen molar-refractivity contribution in [3.05, 3.63) is 101 Å². The molecule has 6 heteroatoms. The minimum absolute atomic E-state index is 0.0745. The topological polar surface area (TPSA) is 66.5 Å². The van der Waals surface area contributed by atoms with Crippen LogP contribution in [0.15, 0.2) is 84.3 Å². The number of amides is 1. The Kier molecular flexibility index (Phi) is 5.68. The predicted octanol–water partition coefficient (Wildman–Crippen LogP) is 4.58. The first kappa shape index (κ1) is 19.9. The van der Waals surface area contributed by atoms with Crippen LogP contribution in [0, 0.1) is 0 Å². The Bertz CT molecular complexity index is 1170. The number of rotatable bonds is 6. The smallest absolute Gasteiger partial charge is 0.255 e. The van der Waals surface area contributed by atoms with Gasteiger partial charge in [-0.05, 0) is 47.4 Å². The molecule has 3 aromatic carbocycles. The molecular formula is C24H22N2O3S. The lowest BCUT2D eigenvalue weighted by Crippen LogP contribution is -2.34. The first-order valence-electron chi connectivity index (χ1n) is 9.73. The van der Waals surface area contributed by atoms with Crippen molar-refractivity contribution in [1.82, 2.24) is 0 Å². The Hall–Kier alpha value is -3.38. The fourth-order valence-corrected chi connectivity index (χ4v) is 4.35. The summed E-state index contributed by atoms with van der Waals surface area (Å²) < 4.78 is 27.5. The summed E-state index contributed by atoms with van der Waals surface area (Å²) in [6.07, 6.45) is 2.56. The second-order valence-corrected chi connectivity index (χ2v) is 8.74. The second-order valence-electron chi connectivity index (χ2n) is 7.17. The lowest BCUT2D eigenvalue weighted by atomic mass is 10.00. The first-order chi connectivity index (χ1) is 14.5. The number of benzene rings is 3. The van der Waals surface area contributed by atoms with Gasteiger partial charge in [0.2, 0.25) is 5.91 Å². The average molecular weight is 419 g/mol. The molecule has 1 heterocycles. The van der Waals surface area contributed by atoms with E-state index in [0.717, 1.165) is 27.8 Å². The molecule has 5 nitrogen and oxygen atoms in total. The molecule has 152 valence electrons. The number of hydrogen-bond donors (Lipinski definition) is 1. The highest BCUT2D eigenvalue weighted by Crippen LogP contribution is 2.32. The number of anilines is 2. The van der Waals surface area contributed by atoms with Crippen LogP contribution in [0.3, 0.4) is 0 Å².